The van der Waals surface area contributed by atoms with Gasteiger partial charge in [0.05, 0.1) is 19.3 Å². The third-order valence-corrected chi connectivity index (χ3v) is 3.51. The molecule has 1 atom stereocenters. The van der Waals surface area contributed by atoms with Gasteiger partial charge in [-0.3, -0.25) is 0 Å². The fourth-order valence-electron chi connectivity index (χ4n) is 2.51. The molecule has 0 aliphatic carbocycles. The van der Waals surface area contributed by atoms with Gasteiger partial charge < -0.3 is 14.8 Å². The maximum atomic E-state index is 5.83. The normalized spacial score (nSPS) is 22.5. The summed E-state index contributed by atoms with van der Waals surface area (Å²) in [5, 5.41) is 3.31. The van der Waals surface area contributed by atoms with Crippen LogP contribution in [-0.2, 0) is 17.6 Å². The number of hydrogen-bond acceptors (Lipinski definition) is 3. The third-order valence-electron chi connectivity index (χ3n) is 3.51. The predicted octanol–water partition coefficient (Wildman–Crippen LogP) is 1.54. The molecule has 3 nitrogen and oxygen atoms in total. The van der Waals surface area contributed by atoms with E-state index in [-0.39, 0.29) is 0 Å². The van der Waals surface area contributed by atoms with Crippen LogP contribution in [0.25, 0.3) is 0 Å². The number of fused-ring (bicyclic) bond motifs is 1. The van der Waals surface area contributed by atoms with Gasteiger partial charge in [-0.1, -0.05) is 12.1 Å². The largest absolute Gasteiger partial charge is 0.493 e. The van der Waals surface area contributed by atoms with Crippen LogP contribution in [-0.4, -0.2) is 32.4 Å². The van der Waals surface area contributed by atoms with Crippen LogP contribution >= 0.6 is 0 Å². The minimum Gasteiger partial charge on any atom is -0.493 e. The third kappa shape index (κ3) is 2.61. The van der Waals surface area contributed by atoms with Gasteiger partial charge in [0.25, 0.3) is 0 Å². The Bertz CT molecular complexity index is 386. The van der Waals surface area contributed by atoms with E-state index in [1.54, 1.807) is 0 Å². The molecule has 3 rings (SSSR count). The molecular weight excluding hydrogens is 214 g/mol. The highest BCUT2D eigenvalue weighted by atomic mass is 16.5. The zero-order valence-corrected chi connectivity index (χ0v) is 10.1. The van der Waals surface area contributed by atoms with Crippen molar-refractivity contribution < 1.29 is 9.47 Å². The average molecular weight is 233 g/mol. The van der Waals surface area contributed by atoms with Gasteiger partial charge in [0.15, 0.2) is 0 Å². The predicted molar refractivity (Wildman–Crippen MR) is 66.6 cm³/mol. The summed E-state index contributed by atoms with van der Waals surface area (Å²) in [5.41, 5.74) is 2.71. The van der Waals surface area contributed by atoms with Gasteiger partial charge in [0.2, 0.25) is 0 Å². The first kappa shape index (κ1) is 11.1. The molecule has 17 heavy (non-hydrogen) atoms. The smallest absolute Gasteiger partial charge is 0.122 e. The number of rotatable bonds is 4. The van der Waals surface area contributed by atoms with Crippen LogP contribution in [0.5, 0.6) is 5.75 Å². The van der Waals surface area contributed by atoms with Crippen LogP contribution < -0.4 is 10.1 Å². The fraction of sp³-hybridized carbons (Fsp3) is 0.571. The molecule has 0 radical (unpaired) electrons. The summed E-state index contributed by atoms with van der Waals surface area (Å²) in [6.07, 6.45) is 3.63. The Morgan fingerprint density at radius 3 is 3.29 bits per heavy atom. The van der Waals surface area contributed by atoms with E-state index in [0.29, 0.717) is 6.10 Å². The molecule has 0 bridgehead atoms. The molecule has 1 unspecified atom stereocenters. The second kappa shape index (κ2) is 5.07. The lowest BCUT2D eigenvalue weighted by Crippen LogP contribution is -2.17. The molecule has 1 saturated heterocycles. The van der Waals surface area contributed by atoms with Gasteiger partial charge in [-0.25, -0.2) is 0 Å². The molecule has 1 fully saturated rings. The fourth-order valence-corrected chi connectivity index (χ4v) is 2.51. The number of benzene rings is 1. The van der Waals surface area contributed by atoms with Crippen molar-refractivity contribution in [3.8, 4) is 5.75 Å². The van der Waals surface area contributed by atoms with Crippen molar-refractivity contribution in [1.82, 2.24) is 5.32 Å². The lowest BCUT2D eigenvalue weighted by atomic mass is 10.1. The van der Waals surface area contributed by atoms with Crippen molar-refractivity contribution in [3.63, 3.8) is 0 Å². The van der Waals surface area contributed by atoms with Crippen molar-refractivity contribution in [1.29, 1.82) is 0 Å². The molecule has 92 valence electrons. The summed E-state index contributed by atoms with van der Waals surface area (Å²) in [4.78, 5) is 0. The van der Waals surface area contributed by atoms with Gasteiger partial charge in [0.1, 0.15) is 5.75 Å². The molecule has 0 amide bonds. The second-order valence-electron chi connectivity index (χ2n) is 4.78. The summed E-state index contributed by atoms with van der Waals surface area (Å²) in [6, 6.07) is 6.51. The Morgan fingerprint density at radius 1 is 1.41 bits per heavy atom. The maximum Gasteiger partial charge on any atom is 0.122 e. The van der Waals surface area contributed by atoms with Crippen LogP contribution in [0, 0.1) is 0 Å². The zero-order valence-electron chi connectivity index (χ0n) is 10.1. The van der Waals surface area contributed by atoms with E-state index in [0.717, 1.165) is 51.3 Å². The molecule has 1 N–H and O–H groups in total. The highest BCUT2D eigenvalue weighted by Crippen LogP contribution is 2.26. The summed E-state index contributed by atoms with van der Waals surface area (Å²) in [5.74, 6) is 1.06. The molecule has 2 aliphatic rings. The van der Waals surface area contributed by atoms with E-state index in [9.17, 15) is 0 Å². The van der Waals surface area contributed by atoms with Crippen LogP contribution in [0.3, 0.4) is 0 Å². The Hall–Kier alpha value is -1.06. The van der Waals surface area contributed by atoms with Gasteiger partial charge >= 0.3 is 0 Å². The minimum atomic E-state index is 0.424. The number of nitrogens with one attached hydrogen (secondary N) is 1. The van der Waals surface area contributed by atoms with Crippen LogP contribution in [0.1, 0.15) is 17.5 Å². The first-order chi connectivity index (χ1) is 8.42. The van der Waals surface area contributed by atoms with Crippen molar-refractivity contribution in [2.24, 2.45) is 0 Å². The molecule has 2 heterocycles. The molecule has 1 aromatic rings. The molecule has 0 spiro atoms. The molecule has 2 aliphatic heterocycles. The van der Waals surface area contributed by atoms with Gasteiger partial charge in [-0.15, -0.1) is 0 Å². The topological polar surface area (TPSA) is 30.5 Å². The van der Waals surface area contributed by atoms with E-state index < -0.39 is 0 Å². The summed E-state index contributed by atoms with van der Waals surface area (Å²) in [6.45, 7) is 3.77. The van der Waals surface area contributed by atoms with Crippen LogP contribution in [0.15, 0.2) is 18.2 Å². The van der Waals surface area contributed by atoms with E-state index in [2.05, 4.69) is 23.5 Å². The van der Waals surface area contributed by atoms with E-state index in [4.69, 9.17) is 9.47 Å². The number of hydrogen-bond donors (Lipinski definition) is 1. The highest BCUT2D eigenvalue weighted by molar-refractivity contribution is 5.39. The van der Waals surface area contributed by atoms with E-state index >= 15 is 0 Å². The van der Waals surface area contributed by atoms with E-state index in [1.807, 2.05) is 0 Å². The Balaban J connectivity index is 1.51. The lowest BCUT2D eigenvalue weighted by Gasteiger charge is -2.10. The van der Waals surface area contributed by atoms with Crippen molar-refractivity contribution in [2.45, 2.75) is 25.4 Å². The van der Waals surface area contributed by atoms with Crippen molar-refractivity contribution in [3.05, 3.63) is 29.3 Å². The number of ether oxygens (including phenoxy) is 2. The van der Waals surface area contributed by atoms with Crippen molar-refractivity contribution >= 4 is 0 Å². The molecule has 0 saturated carbocycles. The van der Waals surface area contributed by atoms with Crippen molar-refractivity contribution in [2.75, 3.05) is 26.3 Å². The molecule has 3 heteroatoms. The Morgan fingerprint density at radius 2 is 2.41 bits per heavy atom. The molecule has 0 aromatic heterocycles. The first-order valence-electron chi connectivity index (χ1n) is 6.49. The summed E-state index contributed by atoms with van der Waals surface area (Å²) >= 11 is 0. The zero-order chi connectivity index (χ0) is 11.5. The standard InChI is InChI=1S/C14H19NO2/c1-2-14-12(5-8-17-14)9-11(1)4-7-16-13-3-6-15-10-13/h1-2,9,13,15H,3-8,10H2. The first-order valence-corrected chi connectivity index (χ1v) is 6.49. The monoisotopic (exact) mass is 233 g/mol. The van der Waals surface area contributed by atoms with Crippen LogP contribution in [0.4, 0.5) is 0 Å². The Kier molecular flexibility index (Phi) is 3.29. The van der Waals surface area contributed by atoms with Gasteiger partial charge in [-0.05, 0) is 36.6 Å². The molecular formula is C14H19NO2. The van der Waals surface area contributed by atoms with E-state index in [1.165, 1.54) is 11.1 Å². The quantitative estimate of drug-likeness (QED) is 0.855. The van der Waals surface area contributed by atoms with Crippen LogP contribution in [0.2, 0.25) is 0 Å². The SMILES string of the molecule is c1cc2c(cc1CCOC1CCNC1)CCO2. The maximum absolute atomic E-state index is 5.83. The second-order valence-corrected chi connectivity index (χ2v) is 4.78. The Labute approximate surface area is 102 Å². The minimum absolute atomic E-state index is 0.424. The highest BCUT2D eigenvalue weighted by Gasteiger charge is 2.15. The van der Waals surface area contributed by atoms with Gasteiger partial charge in [-0.2, -0.15) is 0 Å². The summed E-state index contributed by atoms with van der Waals surface area (Å²) in [7, 11) is 0. The molecule has 1 aromatic carbocycles. The average Bonchev–Trinajstić information content (AvgIpc) is 2.98. The van der Waals surface area contributed by atoms with Gasteiger partial charge in [0, 0.05) is 13.0 Å². The lowest BCUT2D eigenvalue weighted by molar-refractivity contribution is 0.0694. The summed E-state index contributed by atoms with van der Waals surface area (Å²) < 4.78 is 11.3.